The number of benzene rings is 1. The van der Waals surface area contributed by atoms with Crippen molar-refractivity contribution >= 4 is 45.8 Å². The van der Waals surface area contributed by atoms with Crippen LogP contribution >= 0.6 is 35.0 Å². The molecule has 1 atom stereocenters. The summed E-state index contributed by atoms with van der Waals surface area (Å²) in [6.45, 7) is 1.47. The highest BCUT2D eigenvalue weighted by molar-refractivity contribution is 8.13. The van der Waals surface area contributed by atoms with Crippen molar-refractivity contribution < 1.29 is 18.3 Å². The minimum Gasteiger partial charge on any atom is -0.464 e. The van der Waals surface area contributed by atoms with E-state index < -0.39 is 17.1 Å². The molecule has 0 aliphatic carbocycles. The zero-order valence-corrected chi connectivity index (χ0v) is 14.7. The number of thioether (sulfide) groups is 1. The second-order valence-electron chi connectivity index (χ2n) is 4.74. The molecule has 2 N–H and O–H groups in total. The summed E-state index contributed by atoms with van der Waals surface area (Å²) in [5.74, 6) is -1.35. The van der Waals surface area contributed by atoms with Crippen molar-refractivity contribution in [2.75, 3.05) is 5.73 Å². The Morgan fingerprint density at radius 3 is 2.54 bits per heavy atom. The maximum Gasteiger partial charge on any atom is 0.238 e. The summed E-state index contributed by atoms with van der Waals surface area (Å²) in [6.07, 6.45) is -0.944. The number of ether oxygens (including phenoxy) is 1. The van der Waals surface area contributed by atoms with Gasteiger partial charge < -0.3 is 10.5 Å². The standard InChI is InChI=1S/C15H12Cl2F2N2O2S/c1-7(15(22)24-6-8-2-4-9(18)5-3-8)23-14-11(17)12(20)10(16)13(19)21-14/h2-5,7H,6H2,1H3,(H2,20,21)/t7-/m1/s1. The Bertz CT molecular complexity index is 760. The van der Waals surface area contributed by atoms with Crippen molar-refractivity contribution in [1.29, 1.82) is 0 Å². The number of halogens is 4. The van der Waals surface area contributed by atoms with Gasteiger partial charge in [-0.1, -0.05) is 47.1 Å². The van der Waals surface area contributed by atoms with Crippen LogP contribution in [-0.2, 0) is 10.5 Å². The van der Waals surface area contributed by atoms with Gasteiger partial charge in [0.2, 0.25) is 16.9 Å². The Kier molecular flexibility index (Phi) is 6.26. The van der Waals surface area contributed by atoms with Crippen molar-refractivity contribution in [2.45, 2.75) is 18.8 Å². The Morgan fingerprint density at radius 1 is 1.29 bits per heavy atom. The van der Waals surface area contributed by atoms with Gasteiger partial charge in [-0.05, 0) is 24.6 Å². The van der Waals surface area contributed by atoms with Crippen LogP contribution in [0.3, 0.4) is 0 Å². The molecule has 0 radical (unpaired) electrons. The summed E-state index contributed by atoms with van der Waals surface area (Å²) in [5.41, 5.74) is 6.11. The minimum atomic E-state index is -1.04. The molecule has 0 saturated heterocycles. The molecule has 0 aliphatic rings. The van der Waals surface area contributed by atoms with E-state index in [2.05, 4.69) is 4.98 Å². The van der Waals surface area contributed by atoms with Gasteiger partial charge in [0, 0.05) is 5.75 Å². The zero-order valence-electron chi connectivity index (χ0n) is 12.4. The molecule has 4 nitrogen and oxygen atoms in total. The first-order chi connectivity index (χ1) is 11.3. The number of carbonyl (C=O) groups excluding carboxylic acids is 1. The molecular weight excluding hydrogens is 381 g/mol. The molecule has 0 unspecified atom stereocenters. The monoisotopic (exact) mass is 392 g/mol. The lowest BCUT2D eigenvalue weighted by molar-refractivity contribution is -0.116. The number of aromatic nitrogens is 1. The fraction of sp³-hybridized carbons (Fsp3) is 0.200. The minimum absolute atomic E-state index is 0.162. The van der Waals surface area contributed by atoms with Crippen LogP contribution in [0.1, 0.15) is 12.5 Å². The van der Waals surface area contributed by atoms with Crippen molar-refractivity contribution in [1.82, 2.24) is 4.98 Å². The Labute approximate surface area is 151 Å². The van der Waals surface area contributed by atoms with E-state index >= 15 is 0 Å². The van der Waals surface area contributed by atoms with Gasteiger partial charge in [0.05, 0.1) is 5.69 Å². The fourth-order valence-electron chi connectivity index (χ4n) is 1.66. The van der Waals surface area contributed by atoms with Gasteiger partial charge in [0.1, 0.15) is 15.9 Å². The zero-order chi connectivity index (χ0) is 17.9. The van der Waals surface area contributed by atoms with E-state index in [-0.39, 0.29) is 27.5 Å². The lowest BCUT2D eigenvalue weighted by Crippen LogP contribution is -2.22. The van der Waals surface area contributed by atoms with Gasteiger partial charge in [-0.2, -0.15) is 9.37 Å². The van der Waals surface area contributed by atoms with Crippen molar-refractivity contribution in [3.05, 3.63) is 51.6 Å². The molecule has 0 saturated carbocycles. The quantitative estimate of drug-likeness (QED) is 0.759. The number of anilines is 1. The molecule has 1 aromatic heterocycles. The van der Waals surface area contributed by atoms with E-state index in [1.165, 1.54) is 19.1 Å². The van der Waals surface area contributed by atoms with E-state index in [4.69, 9.17) is 33.7 Å². The lowest BCUT2D eigenvalue weighted by Gasteiger charge is -2.15. The first-order valence-electron chi connectivity index (χ1n) is 6.67. The van der Waals surface area contributed by atoms with E-state index in [0.717, 1.165) is 17.3 Å². The highest BCUT2D eigenvalue weighted by atomic mass is 35.5. The molecule has 24 heavy (non-hydrogen) atoms. The van der Waals surface area contributed by atoms with Gasteiger partial charge >= 0.3 is 0 Å². The Morgan fingerprint density at radius 2 is 1.92 bits per heavy atom. The second-order valence-corrected chi connectivity index (χ2v) is 6.48. The van der Waals surface area contributed by atoms with Crippen LogP contribution in [-0.4, -0.2) is 16.2 Å². The molecule has 2 aromatic rings. The third-order valence-electron chi connectivity index (χ3n) is 2.96. The summed E-state index contributed by atoms with van der Waals surface area (Å²) in [7, 11) is 0. The number of rotatable bonds is 5. The van der Waals surface area contributed by atoms with Gasteiger partial charge in [-0.3, -0.25) is 4.79 Å². The summed E-state index contributed by atoms with van der Waals surface area (Å²) < 4.78 is 31.6. The van der Waals surface area contributed by atoms with Gasteiger partial charge in [0.15, 0.2) is 6.10 Å². The van der Waals surface area contributed by atoms with Crippen LogP contribution in [0.15, 0.2) is 24.3 Å². The normalized spacial score (nSPS) is 12.0. The Balaban J connectivity index is 2.00. The van der Waals surface area contributed by atoms with E-state index in [1.807, 2.05) is 0 Å². The average Bonchev–Trinajstić information content (AvgIpc) is 2.56. The maximum absolute atomic E-state index is 13.5. The topological polar surface area (TPSA) is 65.2 Å². The number of carbonyl (C=O) groups is 1. The number of hydrogen-bond donors (Lipinski definition) is 1. The predicted molar refractivity (Wildman–Crippen MR) is 91.4 cm³/mol. The summed E-state index contributed by atoms with van der Waals surface area (Å²) in [6, 6.07) is 5.77. The highest BCUT2D eigenvalue weighted by Gasteiger charge is 2.21. The first-order valence-corrected chi connectivity index (χ1v) is 8.41. The number of nitrogens with two attached hydrogens (primary N) is 1. The van der Waals surface area contributed by atoms with Crippen LogP contribution in [0.4, 0.5) is 14.5 Å². The number of nitrogens with zero attached hydrogens (tertiary/aromatic N) is 1. The van der Waals surface area contributed by atoms with Gasteiger partial charge in [-0.15, -0.1) is 0 Å². The second kappa shape index (κ2) is 8.00. The van der Waals surface area contributed by atoms with Crippen LogP contribution < -0.4 is 10.5 Å². The summed E-state index contributed by atoms with van der Waals surface area (Å²) in [5, 5.41) is -0.896. The number of nitrogen functional groups attached to an aromatic ring is 1. The molecule has 1 heterocycles. The molecule has 0 amide bonds. The molecule has 0 spiro atoms. The Hall–Kier alpha value is -1.57. The number of hydrogen-bond acceptors (Lipinski definition) is 5. The van der Waals surface area contributed by atoms with Crippen molar-refractivity contribution in [3.63, 3.8) is 0 Å². The van der Waals surface area contributed by atoms with Crippen molar-refractivity contribution in [3.8, 4) is 5.88 Å². The van der Waals surface area contributed by atoms with E-state index in [9.17, 15) is 13.6 Å². The summed E-state index contributed by atoms with van der Waals surface area (Å²) >= 11 is 12.4. The molecule has 128 valence electrons. The van der Waals surface area contributed by atoms with Crippen LogP contribution in [0.2, 0.25) is 10.0 Å². The molecule has 0 bridgehead atoms. The van der Waals surface area contributed by atoms with Gasteiger partial charge in [-0.25, -0.2) is 4.39 Å². The highest BCUT2D eigenvalue weighted by Crippen LogP contribution is 2.36. The van der Waals surface area contributed by atoms with Crippen molar-refractivity contribution in [2.24, 2.45) is 0 Å². The largest absolute Gasteiger partial charge is 0.464 e. The maximum atomic E-state index is 13.5. The fourth-order valence-corrected chi connectivity index (χ4v) is 2.81. The predicted octanol–water partition coefficient (Wildman–Crippen LogP) is 4.48. The smallest absolute Gasteiger partial charge is 0.238 e. The molecule has 1 aromatic carbocycles. The molecule has 2 rings (SSSR count). The van der Waals surface area contributed by atoms with E-state index in [0.29, 0.717) is 5.75 Å². The van der Waals surface area contributed by atoms with Crippen LogP contribution in [0, 0.1) is 11.8 Å². The van der Waals surface area contributed by atoms with E-state index in [1.54, 1.807) is 12.1 Å². The molecule has 0 aliphatic heterocycles. The third-order valence-corrected chi connectivity index (χ3v) is 4.78. The molecule has 0 fully saturated rings. The number of pyridine rings is 1. The lowest BCUT2D eigenvalue weighted by atomic mass is 10.2. The molecule has 9 heteroatoms. The average molecular weight is 393 g/mol. The van der Waals surface area contributed by atoms with Crippen LogP contribution in [0.25, 0.3) is 0 Å². The van der Waals surface area contributed by atoms with Gasteiger partial charge in [0.25, 0.3) is 0 Å². The molecular formula is C15H12Cl2F2N2O2S. The first kappa shape index (κ1) is 18.8. The van der Waals surface area contributed by atoms with Crippen LogP contribution in [0.5, 0.6) is 5.88 Å². The summed E-state index contributed by atoms with van der Waals surface area (Å²) in [4.78, 5) is 15.5. The third kappa shape index (κ3) is 4.49. The SMILES string of the molecule is C[C@@H](Oc1nc(F)c(Cl)c(N)c1Cl)C(=O)SCc1ccc(F)cc1.